The van der Waals surface area contributed by atoms with E-state index in [0.29, 0.717) is 16.3 Å². The average molecular weight is 412 g/mol. The molecule has 29 heavy (non-hydrogen) atoms. The Morgan fingerprint density at radius 1 is 1.03 bits per heavy atom. The van der Waals surface area contributed by atoms with Gasteiger partial charge in [-0.05, 0) is 46.7 Å². The number of hydrogen-bond acceptors (Lipinski definition) is 6. The van der Waals surface area contributed by atoms with E-state index in [1.807, 2.05) is 0 Å². The maximum absolute atomic E-state index is 13.1. The summed E-state index contributed by atoms with van der Waals surface area (Å²) in [7, 11) is 0. The Balaban J connectivity index is 1.64. The van der Waals surface area contributed by atoms with Crippen LogP contribution in [0.4, 0.5) is 10.2 Å². The number of carbonyl (C=O) groups excluding carboxylic acids is 1. The normalized spacial score (nSPS) is 10.7. The van der Waals surface area contributed by atoms with Crippen LogP contribution in [0.15, 0.2) is 70.2 Å². The molecule has 1 N–H and O–H groups in total. The number of rotatable bonds is 4. The third-order valence-corrected chi connectivity index (χ3v) is 4.20. The van der Waals surface area contributed by atoms with Gasteiger partial charge >= 0.3 is 0 Å². The summed E-state index contributed by atoms with van der Waals surface area (Å²) in [6.07, 6.45) is 1.38. The van der Waals surface area contributed by atoms with E-state index in [1.165, 1.54) is 41.2 Å². The second-order valence-electron chi connectivity index (χ2n) is 5.87. The van der Waals surface area contributed by atoms with Crippen molar-refractivity contribution in [3.05, 3.63) is 87.6 Å². The molecular weight excluding hydrogens is 401 g/mol. The number of anilines is 1. The van der Waals surface area contributed by atoms with Crippen LogP contribution in [0.3, 0.4) is 0 Å². The van der Waals surface area contributed by atoms with E-state index < -0.39 is 17.2 Å². The van der Waals surface area contributed by atoms with E-state index in [4.69, 9.17) is 16.2 Å². The summed E-state index contributed by atoms with van der Waals surface area (Å²) in [6.45, 7) is 0. The molecule has 0 bridgehead atoms. The van der Waals surface area contributed by atoms with Crippen molar-refractivity contribution in [3.8, 4) is 16.9 Å². The number of amides is 1. The fourth-order valence-electron chi connectivity index (χ4n) is 2.54. The van der Waals surface area contributed by atoms with Crippen molar-refractivity contribution >= 4 is 23.3 Å². The van der Waals surface area contributed by atoms with Gasteiger partial charge < -0.3 is 5.32 Å². The van der Waals surface area contributed by atoms with Gasteiger partial charge in [-0.2, -0.15) is 5.10 Å². The minimum Gasteiger partial charge on any atom is -0.300 e. The minimum atomic E-state index is -0.794. The lowest BCUT2D eigenvalue weighted by Crippen LogP contribution is -2.25. The number of hydrogen-bond donors (Lipinski definition) is 1. The first-order chi connectivity index (χ1) is 14.0. The number of carbonyl (C=O) groups is 1. The van der Waals surface area contributed by atoms with Crippen molar-refractivity contribution in [1.82, 2.24) is 20.1 Å². The van der Waals surface area contributed by atoms with Gasteiger partial charge in [-0.1, -0.05) is 23.7 Å². The van der Waals surface area contributed by atoms with Crippen LogP contribution < -0.4 is 10.7 Å². The maximum atomic E-state index is 13.1. The average Bonchev–Trinajstić information content (AvgIpc) is 3.17. The largest absolute Gasteiger partial charge is 0.300 e. The molecule has 0 saturated carbocycles. The Morgan fingerprint density at radius 2 is 1.76 bits per heavy atom. The van der Waals surface area contributed by atoms with Crippen LogP contribution in [0.25, 0.3) is 16.9 Å². The molecule has 0 aliphatic heterocycles. The molecule has 0 unspecified atom stereocenters. The monoisotopic (exact) mass is 411 g/mol. The van der Waals surface area contributed by atoms with Crippen LogP contribution in [0.1, 0.15) is 10.5 Å². The van der Waals surface area contributed by atoms with Gasteiger partial charge in [0, 0.05) is 22.8 Å². The number of nitrogens with one attached hydrogen (secondary N) is 1. The smallest absolute Gasteiger partial charge is 0.281 e. The Bertz CT molecular complexity index is 1240. The molecule has 2 heterocycles. The molecule has 2 aromatic carbocycles. The molecule has 0 fully saturated rings. The lowest BCUT2D eigenvalue weighted by molar-refractivity contribution is 0.101. The summed E-state index contributed by atoms with van der Waals surface area (Å²) in [5.74, 6) is -1.19. The summed E-state index contributed by atoms with van der Waals surface area (Å²) < 4.78 is 19.1. The van der Waals surface area contributed by atoms with Crippen molar-refractivity contribution in [2.45, 2.75) is 0 Å². The van der Waals surface area contributed by atoms with E-state index in [2.05, 4.69) is 20.7 Å². The third kappa shape index (κ3) is 3.90. The van der Waals surface area contributed by atoms with Crippen LogP contribution in [-0.2, 0) is 0 Å². The van der Waals surface area contributed by atoms with E-state index in [1.54, 1.807) is 24.3 Å². The summed E-state index contributed by atoms with van der Waals surface area (Å²) in [5, 5.41) is 14.5. The number of nitrogens with zero attached hydrogens (tertiary/aromatic N) is 4. The molecule has 0 aliphatic rings. The second kappa shape index (κ2) is 7.64. The molecule has 144 valence electrons. The first-order valence-corrected chi connectivity index (χ1v) is 8.65. The molecule has 8 nitrogen and oxygen atoms in total. The highest BCUT2D eigenvalue weighted by atomic mass is 35.5. The highest BCUT2D eigenvalue weighted by molar-refractivity contribution is 6.30. The quantitative estimate of drug-likeness (QED) is 0.552. The standard InChI is InChI=1S/C19H11ClFN5O3/c20-12-3-1-11(2-4-12)16-18(25-29-24-16)22-19(28)17-15(27)9-10-26(23-17)14-7-5-13(21)6-8-14/h1-10H,(H,22,25,28). The highest BCUT2D eigenvalue weighted by Crippen LogP contribution is 2.25. The Morgan fingerprint density at radius 3 is 2.48 bits per heavy atom. The molecule has 4 rings (SSSR count). The van der Waals surface area contributed by atoms with E-state index >= 15 is 0 Å². The lowest BCUT2D eigenvalue weighted by Gasteiger charge is -2.07. The second-order valence-corrected chi connectivity index (χ2v) is 6.31. The summed E-state index contributed by atoms with van der Waals surface area (Å²) in [6, 6.07) is 13.3. The Hall–Kier alpha value is -3.85. The zero-order valence-corrected chi connectivity index (χ0v) is 15.3. The fraction of sp³-hybridized carbons (Fsp3) is 0. The molecule has 0 aliphatic carbocycles. The molecule has 0 atom stereocenters. The first-order valence-electron chi connectivity index (χ1n) is 8.27. The summed E-state index contributed by atoms with van der Waals surface area (Å²) in [5.41, 5.74) is 0.387. The molecule has 2 aromatic heterocycles. The van der Waals surface area contributed by atoms with Gasteiger partial charge in [0.1, 0.15) is 5.82 Å². The SMILES string of the molecule is O=C(Nc1nonc1-c1ccc(Cl)cc1)c1nn(-c2ccc(F)cc2)ccc1=O. The van der Waals surface area contributed by atoms with Crippen molar-refractivity contribution in [2.75, 3.05) is 5.32 Å². The molecule has 1 amide bonds. The van der Waals surface area contributed by atoms with Gasteiger partial charge in [0.15, 0.2) is 11.4 Å². The van der Waals surface area contributed by atoms with Crippen LogP contribution in [0, 0.1) is 5.82 Å². The van der Waals surface area contributed by atoms with Gasteiger partial charge in [0.25, 0.3) is 5.91 Å². The summed E-state index contributed by atoms with van der Waals surface area (Å²) in [4.78, 5) is 24.8. The van der Waals surface area contributed by atoms with Crippen molar-refractivity contribution in [1.29, 1.82) is 0 Å². The van der Waals surface area contributed by atoms with Gasteiger partial charge in [-0.25, -0.2) is 13.7 Å². The third-order valence-electron chi connectivity index (χ3n) is 3.95. The molecule has 10 heteroatoms. The van der Waals surface area contributed by atoms with E-state index in [-0.39, 0.29) is 17.2 Å². The van der Waals surface area contributed by atoms with Gasteiger partial charge in [0.2, 0.25) is 11.2 Å². The number of benzene rings is 2. The predicted octanol–water partition coefficient (Wildman–Crippen LogP) is 3.33. The van der Waals surface area contributed by atoms with Crippen molar-refractivity contribution in [3.63, 3.8) is 0 Å². The van der Waals surface area contributed by atoms with Crippen LogP contribution >= 0.6 is 11.6 Å². The van der Waals surface area contributed by atoms with Crippen LogP contribution in [0.2, 0.25) is 5.02 Å². The molecule has 0 spiro atoms. The van der Waals surface area contributed by atoms with Crippen LogP contribution in [-0.4, -0.2) is 26.0 Å². The van der Waals surface area contributed by atoms with E-state index in [9.17, 15) is 14.0 Å². The molecular formula is C19H11ClFN5O3. The first kappa shape index (κ1) is 18.5. The predicted molar refractivity (Wildman–Crippen MR) is 102 cm³/mol. The molecule has 4 aromatic rings. The van der Waals surface area contributed by atoms with Crippen LogP contribution in [0.5, 0.6) is 0 Å². The number of halogens is 2. The van der Waals surface area contributed by atoms with Crippen molar-refractivity contribution < 1.29 is 13.8 Å². The van der Waals surface area contributed by atoms with Gasteiger partial charge in [-0.15, -0.1) is 0 Å². The minimum absolute atomic E-state index is 0.0238. The van der Waals surface area contributed by atoms with Gasteiger partial charge in [-0.3, -0.25) is 9.59 Å². The zero-order valence-electron chi connectivity index (χ0n) is 14.5. The fourth-order valence-corrected chi connectivity index (χ4v) is 2.66. The van der Waals surface area contributed by atoms with E-state index in [0.717, 1.165) is 0 Å². The summed E-state index contributed by atoms with van der Waals surface area (Å²) >= 11 is 5.87. The maximum Gasteiger partial charge on any atom is 0.281 e. The molecule has 0 radical (unpaired) electrons. The Kier molecular flexibility index (Phi) is 4.88. The van der Waals surface area contributed by atoms with Gasteiger partial charge in [0.05, 0.1) is 5.69 Å². The molecule has 0 saturated heterocycles. The number of aromatic nitrogens is 4. The zero-order chi connectivity index (χ0) is 20.4. The van der Waals surface area contributed by atoms with Crippen molar-refractivity contribution in [2.24, 2.45) is 0 Å². The highest BCUT2D eigenvalue weighted by Gasteiger charge is 2.19. The topological polar surface area (TPSA) is 103 Å². The lowest BCUT2D eigenvalue weighted by atomic mass is 10.1. The Labute approximate surface area is 167 Å².